The largest absolute Gasteiger partial charge is 0.497 e. The van der Waals surface area contributed by atoms with Crippen LogP contribution in [0.1, 0.15) is 24.4 Å². The van der Waals surface area contributed by atoms with Crippen LogP contribution in [-0.4, -0.2) is 46.0 Å². The number of nitrogens with zero attached hydrogens (tertiary/aromatic N) is 6. The number of aromatic nitrogens is 5. The van der Waals surface area contributed by atoms with E-state index in [0.29, 0.717) is 5.65 Å². The van der Waals surface area contributed by atoms with E-state index in [9.17, 15) is 0 Å². The number of rotatable bonds is 4. The van der Waals surface area contributed by atoms with Gasteiger partial charge in [-0.1, -0.05) is 0 Å². The van der Waals surface area contributed by atoms with Crippen LogP contribution in [-0.2, 0) is 0 Å². The van der Waals surface area contributed by atoms with Crippen LogP contribution < -0.4 is 14.4 Å². The van der Waals surface area contributed by atoms with Gasteiger partial charge in [0.25, 0.3) is 0 Å². The summed E-state index contributed by atoms with van der Waals surface area (Å²) in [5.74, 6) is 2.47. The van der Waals surface area contributed by atoms with Crippen LogP contribution in [0.2, 0.25) is 0 Å². The van der Waals surface area contributed by atoms with Crippen molar-refractivity contribution < 1.29 is 9.47 Å². The third-order valence-electron chi connectivity index (χ3n) is 4.40. The van der Waals surface area contributed by atoms with Gasteiger partial charge in [0, 0.05) is 18.2 Å². The maximum Gasteiger partial charge on any atom is 0.200 e. The van der Waals surface area contributed by atoms with Crippen LogP contribution in [0.5, 0.6) is 11.5 Å². The monoisotopic (exact) mass is 326 g/mol. The fourth-order valence-electron chi connectivity index (χ4n) is 3.25. The molecule has 0 unspecified atom stereocenters. The minimum Gasteiger partial charge on any atom is -0.497 e. The third kappa shape index (κ3) is 2.40. The number of fused-ring (bicyclic) bond motifs is 1. The Balaban J connectivity index is 1.72. The molecular formula is C16H18N6O2. The lowest BCUT2D eigenvalue weighted by atomic mass is 10.0. The van der Waals surface area contributed by atoms with E-state index in [1.54, 1.807) is 14.2 Å². The van der Waals surface area contributed by atoms with Crippen molar-refractivity contribution in [3.63, 3.8) is 0 Å². The van der Waals surface area contributed by atoms with Crippen molar-refractivity contribution in [2.75, 3.05) is 25.7 Å². The van der Waals surface area contributed by atoms with Gasteiger partial charge in [0.2, 0.25) is 0 Å². The molecule has 1 saturated heterocycles. The van der Waals surface area contributed by atoms with Gasteiger partial charge in [0.1, 0.15) is 11.5 Å². The molecule has 8 heteroatoms. The molecule has 124 valence electrons. The van der Waals surface area contributed by atoms with Gasteiger partial charge < -0.3 is 14.4 Å². The lowest BCUT2D eigenvalue weighted by Crippen LogP contribution is -2.24. The Kier molecular flexibility index (Phi) is 3.64. The zero-order chi connectivity index (χ0) is 16.5. The highest BCUT2D eigenvalue weighted by Crippen LogP contribution is 2.40. The molecular weight excluding hydrogens is 308 g/mol. The average molecular weight is 326 g/mol. The van der Waals surface area contributed by atoms with Crippen LogP contribution in [0.15, 0.2) is 30.3 Å². The highest BCUT2D eigenvalue weighted by atomic mass is 16.5. The fourth-order valence-corrected chi connectivity index (χ4v) is 3.25. The van der Waals surface area contributed by atoms with Gasteiger partial charge in [-0.25, -0.2) is 0 Å². The second-order valence-electron chi connectivity index (χ2n) is 5.68. The molecule has 0 bridgehead atoms. The third-order valence-corrected chi connectivity index (χ3v) is 4.40. The molecule has 8 nitrogen and oxygen atoms in total. The smallest absolute Gasteiger partial charge is 0.200 e. The Hall–Kier alpha value is -2.90. The number of tetrazole rings is 1. The first-order chi connectivity index (χ1) is 11.8. The molecule has 24 heavy (non-hydrogen) atoms. The Labute approximate surface area is 139 Å². The van der Waals surface area contributed by atoms with E-state index >= 15 is 0 Å². The zero-order valence-corrected chi connectivity index (χ0v) is 13.6. The summed E-state index contributed by atoms with van der Waals surface area (Å²) in [6, 6.07) is 9.99. The van der Waals surface area contributed by atoms with Gasteiger partial charge >= 0.3 is 0 Å². The van der Waals surface area contributed by atoms with Gasteiger partial charge in [-0.2, -0.15) is 0 Å². The predicted molar refractivity (Wildman–Crippen MR) is 87.4 cm³/mol. The molecule has 0 radical (unpaired) electrons. The number of benzene rings is 1. The van der Waals surface area contributed by atoms with Crippen molar-refractivity contribution in [3.05, 3.63) is 35.9 Å². The Bertz CT molecular complexity index is 865. The predicted octanol–water partition coefficient (Wildman–Crippen LogP) is 1.88. The lowest BCUT2D eigenvalue weighted by molar-refractivity contribution is 0.388. The highest BCUT2D eigenvalue weighted by Gasteiger charge is 2.30. The van der Waals surface area contributed by atoms with Crippen molar-refractivity contribution in [2.45, 2.75) is 18.9 Å². The molecule has 0 saturated carbocycles. The summed E-state index contributed by atoms with van der Waals surface area (Å²) in [5.41, 5.74) is 1.77. The Morgan fingerprint density at radius 3 is 2.88 bits per heavy atom. The number of hydrogen-bond donors (Lipinski definition) is 0. The van der Waals surface area contributed by atoms with E-state index in [0.717, 1.165) is 42.3 Å². The summed E-state index contributed by atoms with van der Waals surface area (Å²) in [6.45, 7) is 0.931. The topological polar surface area (TPSA) is 77.7 Å². The minimum absolute atomic E-state index is 0.201. The molecule has 1 aromatic carbocycles. The molecule has 1 aliphatic heterocycles. The van der Waals surface area contributed by atoms with E-state index < -0.39 is 0 Å². The lowest BCUT2D eigenvalue weighted by Gasteiger charge is -2.27. The van der Waals surface area contributed by atoms with Gasteiger partial charge in [0.05, 0.1) is 20.3 Å². The minimum atomic E-state index is 0.201. The fraction of sp³-hybridized carbons (Fsp3) is 0.375. The molecule has 3 heterocycles. The molecule has 0 aliphatic carbocycles. The molecule has 0 N–H and O–H groups in total. The summed E-state index contributed by atoms with van der Waals surface area (Å²) in [4.78, 5) is 2.27. The molecule has 1 atom stereocenters. The Morgan fingerprint density at radius 1 is 1.12 bits per heavy atom. The van der Waals surface area contributed by atoms with Crippen LogP contribution in [0.4, 0.5) is 5.82 Å². The van der Waals surface area contributed by atoms with Crippen LogP contribution >= 0.6 is 0 Å². The molecule has 2 aromatic heterocycles. The summed E-state index contributed by atoms with van der Waals surface area (Å²) in [5, 5.41) is 15.9. The standard InChI is InChI=1S/C16H18N6O2/c1-23-11-5-6-12(14(10-11)24-2)13-4-3-9-21(13)16-8-7-15-17-19-20-22(15)18-16/h5-8,10,13H,3-4,9H2,1-2H3/t13-/m1/s1. The Morgan fingerprint density at radius 2 is 2.04 bits per heavy atom. The van der Waals surface area contributed by atoms with E-state index in [4.69, 9.17) is 9.47 Å². The maximum atomic E-state index is 5.58. The van der Waals surface area contributed by atoms with Crippen LogP contribution in [0.25, 0.3) is 5.65 Å². The molecule has 3 aromatic rings. The summed E-state index contributed by atoms with van der Waals surface area (Å²) < 4.78 is 12.3. The van der Waals surface area contributed by atoms with Gasteiger partial charge in [-0.3, -0.25) is 0 Å². The zero-order valence-electron chi connectivity index (χ0n) is 13.6. The van der Waals surface area contributed by atoms with Crippen LogP contribution in [0.3, 0.4) is 0 Å². The number of hydrogen-bond acceptors (Lipinski definition) is 7. The van der Waals surface area contributed by atoms with Gasteiger partial charge in [-0.05, 0) is 47.5 Å². The molecule has 1 fully saturated rings. The van der Waals surface area contributed by atoms with E-state index in [-0.39, 0.29) is 6.04 Å². The summed E-state index contributed by atoms with van der Waals surface area (Å²) in [6.07, 6.45) is 2.13. The number of ether oxygens (including phenoxy) is 2. The van der Waals surface area contributed by atoms with Crippen LogP contribution in [0, 0.1) is 0 Å². The molecule has 4 rings (SSSR count). The van der Waals surface area contributed by atoms with Gasteiger partial charge in [0.15, 0.2) is 11.5 Å². The second-order valence-corrected chi connectivity index (χ2v) is 5.68. The second kappa shape index (κ2) is 5.95. The summed E-state index contributed by atoms with van der Waals surface area (Å²) in [7, 11) is 3.34. The van der Waals surface area contributed by atoms with Crippen molar-refractivity contribution in [3.8, 4) is 11.5 Å². The van der Waals surface area contributed by atoms with Gasteiger partial charge in [-0.15, -0.1) is 14.8 Å². The van der Waals surface area contributed by atoms with Crippen molar-refractivity contribution in [2.24, 2.45) is 0 Å². The molecule has 1 aliphatic rings. The first kappa shape index (κ1) is 14.7. The SMILES string of the molecule is COc1ccc([C@H]2CCCN2c2ccc3nnnn3n2)c(OC)c1. The maximum absolute atomic E-state index is 5.58. The first-order valence-corrected chi connectivity index (χ1v) is 7.84. The first-order valence-electron chi connectivity index (χ1n) is 7.84. The number of methoxy groups -OCH3 is 2. The van der Waals surface area contributed by atoms with Crippen molar-refractivity contribution in [1.29, 1.82) is 0 Å². The number of anilines is 1. The molecule has 0 spiro atoms. The highest BCUT2D eigenvalue weighted by molar-refractivity contribution is 5.51. The van der Waals surface area contributed by atoms with E-state index in [2.05, 4.69) is 31.6 Å². The van der Waals surface area contributed by atoms with E-state index in [1.807, 2.05) is 24.3 Å². The van der Waals surface area contributed by atoms with E-state index in [1.165, 1.54) is 4.63 Å². The normalized spacial score (nSPS) is 17.4. The molecule has 0 amide bonds. The quantitative estimate of drug-likeness (QED) is 0.724. The summed E-state index contributed by atoms with van der Waals surface area (Å²) >= 11 is 0. The van der Waals surface area contributed by atoms with Crippen molar-refractivity contribution in [1.82, 2.24) is 25.3 Å². The van der Waals surface area contributed by atoms with Crippen molar-refractivity contribution >= 4 is 11.5 Å². The average Bonchev–Trinajstić information content (AvgIpc) is 3.29.